The van der Waals surface area contributed by atoms with Crippen molar-refractivity contribution < 1.29 is 13.9 Å². The number of aromatic nitrogens is 5. The number of hydrogen-bond acceptors (Lipinski definition) is 6. The predicted molar refractivity (Wildman–Crippen MR) is 128 cm³/mol. The minimum atomic E-state index is -0.303. The molecule has 8 nitrogen and oxygen atoms in total. The molecule has 3 aromatic heterocycles. The lowest BCUT2D eigenvalue weighted by molar-refractivity contribution is -0.120. The summed E-state index contributed by atoms with van der Waals surface area (Å²) in [5.74, 6) is 2.76. The summed E-state index contributed by atoms with van der Waals surface area (Å²) >= 11 is 0. The highest BCUT2D eigenvalue weighted by Crippen LogP contribution is 2.61. The van der Waals surface area contributed by atoms with Crippen LogP contribution in [0.1, 0.15) is 19.8 Å². The Labute approximate surface area is 201 Å². The number of ether oxygens (including phenoxy) is 1. The number of halogens is 1. The van der Waals surface area contributed by atoms with E-state index in [2.05, 4.69) is 25.5 Å². The van der Waals surface area contributed by atoms with E-state index in [0.29, 0.717) is 40.2 Å². The third-order valence-corrected chi connectivity index (χ3v) is 7.40. The molecule has 5 atom stereocenters. The lowest BCUT2D eigenvalue weighted by Gasteiger charge is -2.20. The van der Waals surface area contributed by atoms with Crippen molar-refractivity contribution in [3.8, 4) is 17.1 Å². The van der Waals surface area contributed by atoms with E-state index in [4.69, 9.17) is 4.74 Å². The highest BCUT2D eigenvalue weighted by atomic mass is 19.1. The standard InChI is InChI=1S/C26H25FN6O2/c1-14(26(34)31-23-6-3-15(12-29-23)25-32-30-13-33(25)2)24-18-10-17(11-19(18)24)35-22-7-8-28-21-5-4-16(27)9-20(21)22/h3-9,12-14,17-19,24H,10-11H2,1-2H3,(H,29,31,34)/t14?,17?,18-,19+,24?. The first kappa shape index (κ1) is 21.6. The molecule has 3 heterocycles. The van der Waals surface area contributed by atoms with Gasteiger partial charge in [-0.05, 0) is 67.0 Å². The number of fused-ring (bicyclic) bond motifs is 2. The van der Waals surface area contributed by atoms with Crippen molar-refractivity contribution in [3.05, 3.63) is 60.9 Å². The second-order valence-corrected chi connectivity index (χ2v) is 9.56. The molecular weight excluding hydrogens is 447 g/mol. The van der Waals surface area contributed by atoms with E-state index in [1.54, 1.807) is 36.9 Å². The van der Waals surface area contributed by atoms with Crippen LogP contribution in [0.25, 0.3) is 22.3 Å². The Morgan fingerprint density at radius 3 is 2.71 bits per heavy atom. The highest BCUT2D eigenvalue weighted by Gasteiger charge is 2.59. The maximum atomic E-state index is 13.7. The van der Waals surface area contributed by atoms with Crippen LogP contribution >= 0.6 is 0 Å². The summed E-state index contributed by atoms with van der Waals surface area (Å²) in [6, 6.07) is 9.99. The van der Waals surface area contributed by atoms with Crippen molar-refractivity contribution in [2.24, 2.45) is 30.7 Å². The van der Waals surface area contributed by atoms with Gasteiger partial charge in [0, 0.05) is 36.3 Å². The number of carbonyl (C=O) groups excluding carboxylic acids is 1. The molecule has 0 spiro atoms. The van der Waals surface area contributed by atoms with Gasteiger partial charge in [-0.3, -0.25) is 9.78 Å². The summed E-state index contributed by atoms with van der Waals surface area (Å²) in [5.41, 5.74) is 1.55. The van der Waals surface area contributed by atoms with Gasteiger partial charge in [0.2, 0.25) is 5.91 Å². The molecule has 2 aliphatic rings. The topological polar surface area (TPSA) is 94.8 Å². The molecule has 0 saturated heterocycles. The summed E-state index contributed by atoms with van der Waals surface area (Å²) < 4.78 is 21.8. The number of nitrogens with one attached hydrogen (secondary N) is 1. The van der Waals surface area contributed by atoms with E-state index in [1.165, 1.54) is 12.1 Å². The van der Waals surface area contributed by atoms with E-state index in [1.807, 2.05) is 24.6 Å². The van der Waals surface area contributed by atoms with E-state index in [0.717, 1.165) is 24.2 Å². The van der Waals surface area contributed by atoms with Crippen LogP contribution in [0.2, 0.25) is 0 Å². The first-order valence-electron chi connectivity index (χ1n) is 11.8. The fourth-order valence-electron chi connectivity index (χ4n) is 5.61. The number of anilines is 1. The molecule has 1 amide bonds. The molecule has 9 heteroatoms. The number of nitrogens with zero attached hydrogens (tertiary/aromatic N) is 5. The van der Waals surface area contributed by atoms with Crippen LogP contribution < -0.4 is 10.1 Å². The monoisotopic (exact) mass is 472 g/mol. The first-order chi connectivity index (χ1) is 17.0. The average Bonchev–Trinajstić information content (AvgIpc) is 3.15. The van der Waals surface area contributed by atoms with Gasteiger partial charge in [0.15, 0.2) is 5.82 Å². The van der Waals surface area contributed by atoms with Gasteiger partial charge in [-0.1, -0.05) is 6.92 Å². The van der Waals surface area contributed by atoms with Gasteiger partial charge in [0.05, 0.1) is 11.6 Å². The molecule has 0 radical (unpaired) electrons. The molecule has 178 valence electrons. The van der Waals surface area contributed by atoms with E-state index >= 15 is 0 Å². The first-order valence-corrected chi connectivity index (χ1v) is 11.8. The highest BCUT2D eigenvalue weighted by molar-refractivity contribution is 5.92. The number of amides is 1. The van der Waals surface area contributed by atoms with Gasteiger partial charge >= 0.3 is 0 Å². The average molecular weight is 473 g/mol. The maximum Gasteiger partial charge on any atom is 0.228 e. The van der Waals surface area contributed by atoms with Gasteiger partial charge in [-0.25, -0.2) is 9.37 Å². The largest absolute Gasteiger partial charge is 0.490 e. The molecule has 3 unspecified atom stereocenters. The van der Waals surface area contributed by atoms with Gasteiger partial charge in [0.1, 0.15) is 23.7 Å². The van der Waals surface area contributed by atoms with Gasteiger partial charge in [0.25, 0.3) is 0 Å². The minimum Gasteiger partial charge on any atom is -0.490 e. The van der Waals surface area contributed by atoms with E-state index < -0.39 is 0 Å². The second kappa shape index (κ2) is 8.41. The van der Waals surface area contributed by atoms with Crippen molar-refractivity contribution in [3.63, 3.8) is 0 Å². The van der Waals surface area contributed by atoms with Crippen molar-refractivity contribution in [2.75, 3.05) is 5.32 Å². The number of benzene rings is 1. The Kier molecular flexibility index (Phi) is 5.20. The summed E-state index contributed by atoms with van der Waals surface area (Å²) in [6.45, 7) is 1.99. The van der Waals surface area contributed by atoms with Crippen LogP contribution in [0.4, 0.5) is 10.2 Å². The van der Waals surface area contributed by atoms with Crippen LogP contribution in [-0.2, 0) is 11.8 Å². The molecule has 0 bridgehead atoms. The quantitative estimate of drug-likeness (QED) is 0.451. The number of rotatable bonds is 6. The molecule has 2 saturated carbocycles. The number of carbonyl (C=O) groups is 1. The summed E-state index contributed by atoms with van der Waals surface area (Å²) in [6.07, 6.45) is 6.88. The summed E-state index contributed by atoms with van der Waals surface area (Å²) in [4.78, 5) is 21.6. The zero-order chi connectivity index (χ0) is 24.1. The minimum absolute atomic E-state index is 0.0172. The van der Waals surface area contributed by atoms with Crippen molar-refractivity contribution in [1.82, 2.24) is 24.7 Å². The molecule has 1 N–H and O–H groups in total. The molecule has 4 aromatic rings. The number of aryl methyl sites for hydroxylation is 1. The maximum absolute atomic E-state index is 13.7. The number of pyridine rings is 2. The van der Waals surface area contributed by atoms with Gasteiger partial charge < -0.3 is 14.6 Å². The van der Waals surface area contributed by atoms with Crippen molar-refractivity contribution in [1.29, 1.82) is 0 Å². The molecule has 6 rings (SSSR count). The van der Waals surface area contributed by atoms with E-state index in [-0.39, 0.29) is 23.7 Å². The molecule has 2 fully saturated rings. The fraction of sp³-hybridized carbons (Fsp3) is 0.346. The second-order valence-electron chi connectivity index (χ2n) is 9.56. The zero-order valence-corrected chi connectivity index (χ0v) is 19.4. The SMILES string of the molecule is CC(C(=O)Nc1ccc(-c2nncn2C)cn1)C1[C@H]2CC(Oc3ccnc4ccc(F)cc34)C[C@@H]12. The molecule has 35 heavy (non-hydrogen) atoms. The predicted octanol–water partition coefficient (Wildman–Crippen LogP) is 4.24. The van der Waals surface area contributed by atoms with Crippen LogP contribution in [-0.4, -0.2) is 36.7 Å². The summed E-state index contributed by atoms with van der Waals surface area (Å²) in [7, 11) is 1.87. The Morgan fingerprint density at radius 1 is 1.17 bits per heavy atom. The molecule has 0 aliphatic heterocycles. The van der Waals surface area contributed by atoms with Crippen LogP contribution in [0.5, 0.6) is 5.75 Å². The van der Waals surface area contributed by atoms with Crippen molar-refractivity contribution in [2.45, 2.75) is 25.9 Å². The third kappa shape index (κ3) is 4.00. The smallest absolute Gasteiger partial charge is 0.228 e. The zero-order valence-electron chi connectivity index (χ0n) is 19.4. The Morgan fingerprint density at radius 2 is 2.00 bits per heavy atom. The summed E-state index contributed by atoms with van der Waals surface area (Å²) in [5, 5.41) is 11.6. The Hall–Kier alpha value is -3.88. The Bertz CT molecular complexity index is 1390. The Balaban J connectivity index is 1.05. The fourth-order valence-corrected chi connectivity index (χ4v) is 5.61. The normalized spacial score (nSPS) is 23.6. The lowest BCUT2D eigenvalue weighted by atomic mass is 9.97. The van der Waals surface area contributed by atoms with Gasteiger partial charge in [-0.2, -0.15) is 0 Å². The van der Waals surface area contributed by atoms with Crippen LogP contribution in [0.3, 0.4) is 0 Å². The van der Waals surface area contributed by atoms with E-state index in [9.17, 15) is 9.18 Å². The number of hydrogen-bond donors (Lipinski definition) is 1. The van der Waals surface area contributed by atoms with Crippen LogP contribution in [0, 0.1) is 29.5 Å². The lowest BCUT2D eigenvalue weighted by Crippen LogP contribution is -2.26. The molecular formula is C26H25FN6O2. The third-order valence-electron chi connectivity index (χ3n) is 7.40. The van der Waals surface area contributed by atoms with Gasteiger partial charge in [-0.15, -0.1) is 10.2 Å². The molecule has 2 aliphatic carbocycles. The van der Waals surface area contributed by atoms with Crippen molar-refractivity contribution >= 4 is 22.6 Å². The van der Waals surface area contributed by atoms with Crippen LogP contribution in [0.15, 0.2) is 55.1 Å². The molecule has 1 aromatic carbocycles.